The van der Waals surface area contributed by atoms with Gasteiger partial charge in [0.25, 0.3) is 0 Å². The summed E-state index contributed by atoms with van der Waals surface area (Å²) in [5.41, 5.74) is 10.4. The first kappa shape index (κ1) is 16.8. The van der Waals surface area contributed by atoms with Gasteiger partial charge < -0.3 is 10.5 Å². The minimum Gasteiger partial charge on any atom is -0.462 e. The summed E-state index contributed by atoms with van der Waals surface area (Å²) in [4.78, 5) is 13.7. The Labute approximate surface area is 156 Å². The lowest BCUT2D eigenvalue weighted by Crippen LogP contribution is -2.24. The van der Waals surface area contributed by atoms with Crippen molar-refractivity contribution in [3.05, 3.63) is 52.7 Å². The third-order valence-corrected chi connectivity index (χ3v) is 6.10. The van der Waals surface area contributed by atoms with Crippen LogP contribution in [0.2, 0.25) is 0 Å². The summed E-state index contributed by atoms with van der Waals surface area (Å²) in [7, 11) is 0. The number of nitrogens with two attached hydrogens (primary N) is 1. The zero-order valence-electron chi connectivity index (χ0n) is 15.1. The SMILES string of the molecule is CCOC(=O)c1c(N)sc2c1-c1cn(-c3ccccc3)nc1CC2(C)C. The highest BCUT2D eigenvalue weighted by Gasteiger charge is 2.39. The van der Waals surface area contributed by atoms with Crippen molar-refractivity contribution in [1.29, 1.82) is 0 Å². The monoisotopic (exact) mass is 367 g/mol. The van der Waals surface area contributed by atoms with Gasteiger partial charge in [0.1, 0.15) is 10.6 Å². The number of carbonyl (C=O) groups is 1. The molecule has 2 heterocycles. The molecule has 0 amide bonds. The number of anilines is 1. The number of fused-ring (bicyclic) bond motifs is 3. The topological polar surface area (TPSA) is 70.1 Å². The highest BCUT2D eigenvalue weighted by atomic mass is 32.1. The Morgan fingerprint density at radius 3 is 2.77 bits per heavy atom. The molecule has 1 aromatic carbocycles. The van der Waals surface area contributed by atoms with Gasteiger partial charge in [0.05, 0.1) is 18.0 Å². The van der Waals surface area contributed by atoms with E-state index in [1.54, 1.807) is 6.92 Å². The van der Waals surface area contributed by atoms with Crippen LogP contribution in [0.25, 0.3) is 16.8 Å². The number of nitrogen functional groups attached to an aromatic ring is 1. The Hall–Kier alpha value is -2.60. The van der Waals surface area contributed by atoms with E-state index in [2.05, 4.69) is 13.8 Å². The average molecular weight is 367 g/mol. The summed E-state index contributed by atoms with van der Waals surface area (Å²) in [6, 6.07) is 9.97. The molecule has 0 saturated carbocycles. The highest BCUT2D eigenvalue weighted by molar-refractivity contribution is 7.17. The summed E-state index contributed by atoms with van der Waals surface area (Å²) >= 11 is 1.49. The summed E-state index contributed by atoms with van der Waals surface area (Å²) in [5.74, 6) is -0.362. The molecule has 0 bridgehead atoms. The predicted molar refractivity (Wildman–Crippen MR) is 104 cm³/mol. The molecule has 2 N–H and O–H groups in total. The fourth-order valence-electron chi connectivity index (χ4n) is 3.55. The Bertz CT molecular complexity index is 986. The maximum atomic E-state index is 12.6. The molecule has 0 spiro atoms. The van der Waals surface area contributed by atoms with E-state index in [1.165, 1.54) is 11.3 Å². The molecule has 3 aromatic rings. The first-order valence-corrected chi connectivity index (χ1v) is 9.48. The van der Waals surface area contributed by atoms with Crippen molar-refractivity contribution in [2.45, 2.75) is 32.6 Å². The van der Waals surface area contributed by atoms with Gasteiger partial charge in [0.15, 0.2) is 0 Å². The van der Waals surface area contributed by atoms with E-state index in [4.69, 9.17) is 15.6 Å². The smallest absolute Gasteiger partial charge is 0.341 e. The number of hydrogen-bond acceptors (Lipinski definition) is 5. The van der Waals surface area contributed by atoms with E-state index in [-0.39, 0.29) is 11.4 Å². The molecule has 0 atom stereocenters. The van der Waals surface area contributed by atoms with Crippen LogP contribution in [0.3, 0.4) is 0 Å². The number of ether oxygens (including phenoxy) is 1. The quantitative estimate of drug-likeness (QED) is 0.705. The van der Waals surface area contributed by atoms with E-state index in [0.29, 0.717) is 17.2 Å². The van der Waals surface area contributed by atoms with Crippen molar-refractivity contribution in [1.82, 2.24) is 9.78 Å². The second-order valence-corrected chi connectivity index (χ2v) is 8.15. The number of carbonyl (C=O) groups excluding carboxylic acids is 1. The van der Waals surface area contributed by atoms with Gasteiger partial charge >= 0.3 is 5.97 Å². The first-order valence-electron chi connectivity index (χ1n) is 8.66. The number of aromatic nitrogens is 2. The maximum Gasteiger partial charge on any atom is 0.341 e. The van der Waals surface area contributed by atoms with Crippen molar-refractivity contribution < 1.29 is 9.53 Å². The number of para-hydroxylation sites is 1. The van der Waals surface area contributed by atoms with Crippen LogP contribution in [-0.4, -0.2) is 22.4 Å². The number of thiophene rings is 1. The Kier molecular flexibility index (Phi) is 3.88. The summed E-state index contributed by atoms with van der Waals surface area (Å²) < 4.78 is 7.14. The van der Waals surface area contributed by atoms with Crippen molar-refractivity contribution in [3.63, 3.8) is 0 Å². The molecule has 0 fully saturated rings. The Morgan fingerprint density at radius 2 is 2.08 bits per heavy atom. The maximum absolute atomic E-state index is 12.6. The van der Waals surface area contributed by atoms with Crippen LogP contribution >= 0.6 is 11.3 Å². The molecule has 1 aliphatic carbocycles. The molecule has 134 valence electrons. The van der Waals surface area contributed by atoms with Gasteiger partial charge in [0.2, 0.25) is 0 Å². The van der Waals surface area contributed by atoms with Gasteiger partial charge in [-0.25, -0.2) is 9.48 Å². The van der Waals surface area contributed by atoms with Crippen molar-refractivity contribution >= 4 is 22.3 Å². The van der Waals surface area contributed by atoms with Gasteiger partial charge in [-0.1, -0.05) is 32.0 Å². The van der Waals surface area contributed by atoms with Crippen LogP contribution in [0.4, 0.5) is 5.00 Å². The van der Waals surface area contributed by atoms with E-state index in [9.17, 15) is 4.79 Å². The van der Waals surface area contributed by atoms with Crippen molar-refractivity contribution in [2.75, 3.05) is 12.3 Å². The lowest BCUT2D eigenvalue weighted by Gasteiger charge is -2.28. The Morgan fingerprint density at radius 1 is 1.35 bits per heavy atom. The molecule has 2 aromatic heterocycles. The third kappa shape index (κ3) is 2.52. The first-order chi connectivity index (χ1) is 12.4. The fraction of sp³-hybridized carbons (Fsp3) is 0.300. The van der Waals surface area contributed by atoms with Crippen LogP contribution in [0.15, 0.2) is 36.5 Å². The lowest BCUT2D eigenvalue weighted by atomic mass is 9.76. The number of hydrogen-bond donors (Lipinski definition) is 1. The summed E-state index contributed by atoms with van der Waals surface area (Å²) in [6.07, 6.45) is 2.80. The lowest BCUT2D eigenvalue weighted by molar-refractivity contribution is 0.0529. The molecular weight excluding hydrogens is 346 g/mol. The fourth-order valence-corrected chi connectivity index (χ4v) is 4.72. The summed E-state index contributed by atoms with van der Waals surface area (Å²) in [5, 5.41) is 5.32. The van der Waals surface area contributed by atoms with E-state index < -0.39 is 0 Å². The van der Waals surface area contributed by atoms with Crippen LogP contribution in [-0.2, 0) is 16.6 Å². The van der Waals surface area contributed by atoms with Crippen LogP contribution in [0, 0.1) is 0 Å². The third-order valence-electron chi connectivity index (χ3n) is 4.72. The highest BCUT2D eigenvalue weighted by Crippen LogP contribution is 2.50. The number of esters is 1. The number of benzene rings is 1. The second kappa shape index (κ2) is 5.99. The van der Waals surface area contributed by atoms with Gasteiger partial charge in [-0.3, -0.25) is 0 Å². The number of nitrogens with zero attached hydrogens (tertiary/aromatic N) is 2. The zero-order chi connectivity index (χ0) is 18.5. The largest absolute Gasteiger partial charge is 0.462 e. The Balaban J connectivity index is 1.94. The molecule has 0 unspecified atom stereocenters. The van der Waals surface area contributed by atoms with E-state index >= 15 is 0 Å². The minimum absolute atomic E-state index is 0.137. The molecular formula is C20H21N3O2S. The molecule has 0 saturated heterocycles. The van der Waals surface area contributed by atoms with Gasteiger partial charge in [0, 0.05) is 34.0 Å². The molecule has 4 rings (SSSR count). The van der Waals surface area contributed by atoms with Crippen LogP contribution in [0.5, 0.6) is 0 Å². The van der Waals surface area contributed by atoms with Gasteiger partial charge in [-0.15, -0.1) is 11.3 Å². The second-order valence-electron chi connectivity index (χ2n) is 7.10. The van der Waals surface area contributed by atoms with Crippen molar-refractivity contribution in [3.8, 4) is 16.8 Å². The normalized spacial score (nSPS) is 14.6. The average Bonchev–Trinajstić information content (AvgIpc) is 3.16. The standard InChI is InChI=1S/C20H21N3O2S/c1-4-25-19(24)16-15-13-11-23(12-8-6-5-7-9-12)22-14(13)10-20(2,3)17(15)26-18(16)21/h5-9,11H,4,10,21H2,1-3H3. The molecule has 0 radical (unpaired) electrons. The van der Waals surface area contributed by atoms with E-state index in [0.717, 1.165) is 33.8 Å². The minimum atomic E-state index is -0.362. The van der Waals surface area contributed by atoms with Crippen molar-refractivity contribution in [2.24, 2.45) is 0 Å². The number of rotatable bonds is 3. The van der Waals surface area contributed by atoms with Crippen LogP contribution < -0.4 is 5.73 Å². The molecule has 0 aliphatic heterocycles. The molecule has 26 heavy (non-hydrogen) atoms. The van der Waals surface area contributed by atoms with E-state index in [1.807, 2.05) is 41.2 Å². The molecule has 1 aliphatic rings. The predicted octanol–water partition coefficient (Wildman–Crippen LogP) is 4.19. The van der Waals surface area contributed by atoms with Gasteiger partial charge in [-0.2, -0.15) is 5.10 Å². The molecule has 5 nitrogen and oxygen atoms in total. The van der Waals surface area contributed by atoms with Gasteiger partial charge in [-0.05, 0) is 19.1 Å². The zero-order valence-corrected chi connectivity index (χ0v) is 15.9. The summed E-state index contributed by atoms with van der Waals surface area (Å²) in [6.45, 7) is 6.46. The molecule has 6 heteroatoms. The van der Waals surface area contributed by atoms with Crippen LogP contribution in [0.1, 0.15) is 41.7 Å².